The first-order chi connectivity index (χ1) is 8.70. The minimum atomic E-state index is 0.539. The van der Waals surface area contributed by atoms with Crippen LogP contribution < -0.4 is 15.4 Å². The van der Waals surface area contributed by atoms with Gasteiger partial charge in [0.25, 0.3) is 0 Å². The Balaban J connectivity index is 2.08. The molecular formula is C13H18BrClN2O. The van der Waals surface area contributed by atoms with Gasteiger partial charge in [0.1, 0.15) is 0 Å². The zero-order valence-electron chi connectivity index (χ0n) is 10.4. The molecule has 2 rings (SSSR count). The number of halogens is 2. The molecule has 1 aliphatic rings. The first-order valence-corrected chi connectivity index (χ1v) is 7.47. The lowest BCUT2D eigenvalue weighted by Crippen LogP contribution is -2.29. The number of anilines is 1. The van der Waals surface area contributed by atoms with E-state index in [4.69, 9.17) is 16.3 Å². The van der Waals surface area contributed by atoms with E-state index in [1.165, 1.54) is 12.8 Å². The molecule has 1 atom stereocenters. The van der Waals surface area contributed by atoms with Crippen molar-refractivity contribution in [1.29, 1.82) is 0 Å². The Hall–Kier alpha value is -0.450. The van der Waals surface area contributed by atoms with Crippen molar-refractivity contribution in [3.05, 3.63) is 21.6 Å². The van der Waals surface area contributed by atoms with E-state index in [0.717, 1.165) is 29.0 Å². The zero-order valence-corrected chi connectivity index (χ0v) is 12.8. The highest BCUT2D eigenvalue weighted by Gasteiger charge is 2.15. The highest BCUT2D eigenvalue weighted by Crippen LogP contribution is 2.36. The van der Waals surface area contributed by atoms with E-state index in [-0.39, 0.29) is 0 Å². The lowest BCUT2D eigenvalue weighted by atomic mass is 10.2. The molecule has 0 saturated carbocycles. The van der Waals surface area contributed by atoms with E-state index in [0.29, 0.717) is 17.7 Å². The Labute approximate surface area is 121 Å². The van der Waals surface area contributed by atoms with E-state index in [1.54, 1.807) is 0 Å². The second-order valence-corrected chi connectivity index (χ2v) is 5.66. The SMILES string of the molecule is CCOc1c(Br)cc(Cl)cc1NCC1CCCN1. The van der Waals surface area contributed by atoms with Gasteiger partial charge in [-0.2, -0.15) is 0 Å². The molecule has 0 amide bonds. The first-order valence-electron chi connectivity index (χ1n) is 6.29. The van der Waals surface area contributed by atoms with E-state index in [2.05, 4.69) is 26.6 Å². The van der Waals surface area contributed by atoms with Crippen LogP contribution in [-0.4, -0.2) is 25.7 Å². The quantitative estimate of drug-likeness (QED) is 0.862. The van der Waals surface area contributed by atoms with Crippen LogP contribution in [0.2, 0.25) is 5.02 Å². The summed E-state index contributed by atoms with van der Waals surface area (Å²) < 4.78 is 6.54. The molecule has 1 fully saturated rings. The van der Waals surface area contributed by atoms with Crippen LogP contribution in [0.25, 0.3) is 0 Å². The van der Waals surface area contributed by atoms with Crippen LogP contribution in [0.3, 0.4) is 0 Å². The van der Waals surface area contributed by atoms with Crippen molar-refractivity contribution >= 4 is 33.2 Å². The fourth-order valence-electron chi connectivity index (χ4n) is 2.15. The third-order valence-electron chi connectivity index (χ3n) is 3.00. The van der Waals surface area contributed by atoms with Gasteiger partial charge in [-0.3, -0.25) is 0 Å². The molecule has 0 radical (unpaired) electrons. The maximum absolute atomic E-state index is 6.08. The molecule has 5 heteroatoms. The number of nitrogens with one attached hydrogen (secondary N) is 2. The predicted octanol–water partition coefficient (Wildman–Crippen LogP) is 3.67. The molecule has 18 heavy (non-hydrogen) atoms. The van der Waals surface area contributed by atoms with E-state index in [1.807, 2.05) is 19.1 Å². The molecule has 0 bridgehead atoms. The molecular weight excluding hydrogens is 316 g/mol. The summed E-state index contributed by atoms with van der Waals surface area (Å²) in [6.07, 6.45) is 2.47. The molecule has 100 valence electrons. The van der Waals surface area contributed by atoms with Gasteiger partial charge < -0.3 is 15.4 Å². The van der Waals surface area contributed by atoms with Crippen LogP contribution in [0.5, 0.6) is 5.75 Å². The molecule has 1 aliphatic heterocycles. The van der Waals surface area contributed by atoms with E-state index >= 15 is 0 Å². The van der Waals surface area contributed by atoms with Crippen molar-refractivity contribution in [3.8, 4) is 5.75 Å². The van der Waals surface area contributed by atoms with Crippen molar-refractivity contribution < 1.29 is 4.74 Å². The summed E-state index contributed by atoms with van der Waals surface area (Å²) in [6.45, 7) is 4.62. The Morgan fingerprint density at radius 2 is 2.39 bits per heavy atom. The average Bonchev–Trinajstić information content (AvgIpc) is 2.83. The highest BCUT2D eigenvalue weighted by molar-refractivity contribution is 9.10. The Kier molecular flexibility index (Phi) is 5.15. The molecule has 1 unspecified atom stereocenters. The molecule has 1 heterocycles. The van der Waals surface area contributed by atoms with Gasteiger partial charge in [-0.05, 0) is 54.4 Å². The number of hydrogen-bond acceptors (Lipinski definition) is 3. The standard InChI is InChI=1S/C13H18BrClN2O/c1-2-18-13-11(14)6-9(15)7-12(13)17-8-10-4-3-5-16-10/h6-7,10,16-17H,2-5,8H2,1H3. The molecule has 1 aromatic rings. The summed E-state index contributed by atoms with van der Waals surface area (Å²) in [7, 11) is 0. The summed E-state index contributed by atoms with van der Waals surface area (Å²) in [6, 6.07) is 4.30. The Morgan fingerprint density at radius 1 is 1.56 bits per heavy atom. The van der Waals surface area contributed by atoms with Crippen molar-refractivity contribution in [2.24, 2.45) is 0 Å². The average molecular weight is 334 g/mol. The van der Waals surface area contributed by atoms with Crippen LogP contribution >= 0.6 is 27.5 Å². The lowest BCUT2D eigenvalue weighted by Gasteiger charge is -2.17. The molecule has 3 nitrogen and oxygen atoms in total. The fourth-order valence-corrected chi connectivity index (χ4v) is 3.07. The predicted molar refractivity (Wildman–Crippen MR) is 79.8 cm³/mol. The molecule has 1 saturated heterocycles. The number of hydrogen-bond donors (Lipinski definition) is 2. The van der Waals surface area contributed by atoms with Crippen molar-refractivity contribution in [1.82, 2.24) is 5.32 Å². The van der Waals surface area contributed by atoms with Crippen LogP contribution in [0.4, 0.5) is 5.69 Å². The molecule has 0 aromatic heterocycles. The van der Waals surface area contributed by atoms with Gasteiger partial charge in [-0.1, -0.05) is 11.6 Å². The van der Waals surface area contributed by atoms with Gasteiger partial charge in [0.2, 0.25) is 0 Å². The normalized spacial score (nSPS) is 18.9. The van der Waals surface area contributed by atoms with Gasteiger partial charge in [-0.15, -0.1) is 0 Å². The van der Waals surface area contributed by atoms with Crippen molar-refractivity contribution in [3.63, 3.8) is 0 Å². The van der Waals surface area contributed by atoms with Crippen LogP contribution in [0.15, 0.2) is 16.6 Å². The van der Waals surface area contributed by atoms with Gasteiger partial charge in [0.05, 0.1) is 16.8 Å². The minimum Gasteiger partial charge on any atom is -0.491 e. The molecule has 0 aliphatic carbocycles. The molecule has 1 aromatic carbocycles. The number of ether oxygens (including phenoxy) is 1. The number of benzene rings is 1. The van der Waals surface area contributed by atoms with Crippen LogP contribution in [0.1, 0.15) is 19.8 Å². The first kappa shape index (κ1) is 14.0. The second kappa shape index (κ2) is 6.64. The fraction of sp³-hybridized carbons (Fsp3) is 0.538. The van der Waals surface area contributed by atoms with Crippen molar-refractivity contribution in [2.45, 2.75) is 25.8 Å². The van der Waals surface area contributed by atoms with Gasteiger partial charge >= 0.3 is 0 Å². The highest BCUT2D eigenvalue weighted by atomic mass is 79.9. The monoisotopic (exact) mass is 332 g/mol. The maximum atomic E-state index is 6.08. The molecule has 0 spiro atoms. The van der Waals surface area contributed by atoms with Gasteiger partial charge in [0, 0.05) is 17.6 Å². The third-order valence-corrected chi connectivity index (χ3v) is 3.81. The van der Waals surface area contributed by atoms with E-state index in [9.17, 15) is 0 Å². The number of rotatable bonds is 5. The lowest BCUT2D eigenvalue weighted by molar-refractivity contribution is 0.339. The topological polar surface area (TPSA) is 33.3 Å². The minimum absolute atomic E-state index is 0.539. The van der Waals surface area contributed by atoms with Crippen molar-refractivity contribution in [2.75, 3.05) is 25.0 Å². The largest absolute Gasteiger partial charge is 0.491 e. The molecule has 2 N–H and O–H groups in total. The summed E-state index contributed by atoms with van der Waals surface area (Å²) in [5.41, 5.74) is 0.949. The maximum Gasteiger partial charge on any atom is 0.156 e. The van der Waals surface area contributed by atoms with Crippen LogP contribution in [-0.2, 0) is 0 Å². The zero-order chi connectivity index (χ0) is 13.0. The Bertz CT molecular complexity index is 408. The van der Waals surface area contributed by atoms with Crippen LogP contribution in [0, 0.1) is 0 Å². The summed E-state index contributed by atoms with van der Waals surface area (Å²) in [5.74, 6) is 0.833. The summed E-state index contributed by atoms with van der Waals surface area (Å²) in [5, 5.41) is 7.58. The van der Waals surface area contributed by atoms with Gasteiger partial charge in [-0.25, -0.2) is 0 Å². The Morgan fingerprint density at radius 3 is 3.06 bits per heavy atom. The van der Waals surface area contributed by atoms with E-state index < -0.39 is 0 Å². The second-order valence-electron chi connectivity index (χ2n) is 4.37. The summed E-state index contributed by atoms with van der Waals surface area (Å²) in [4.78, 5) is 0. The summed E-state index contributed by atoms with van der Waals surface area (Å²) >= 11 is 9.56. The van der Waals surface area contributed by atoms with Gasteiger partial charge in [0.15, 0.2) is 5.75 Å². The smallest absolute Gasteiger partial charge is 0.156 e. The third kappa shape index (κ3) is 3.53.